The van der Waals surface area contributed by atoms with Gasteiger partial charge in [-0.25, -0.2) is 18.7 Å². The maximum atomic E-state index is 14.4. The summed E-state index contributed by atoms with van der Waals surface area (Å²) in [6.07, 6.45) is 1.77. The lowest BCUT2D eigenvalue weighted by Crippen LogP contribution is -2.15. The molecular weight excluding hydrogens is 522 g/mol. The zero-order chi connectivity index (χ0) is 29.3. The quantitative estimate of drug-likeness (QED) is 0.201. The molecule has 5 nitrogen and oxygen atoms in total. The number of halogens is 2. The van der Waals surface area contributed by atoms with Gasteiger partial charge in [-0.2, -0.15) is 0 Å². The summed E-state index contributed by atoms with van der Waals surface area (Å²) >= 11 is 0. The third-order valence-corrected chi connectivity index (χ3v) is 7.08. The summed E-state index contributed by atoms with van der Waals surface area (Å²) in [6.45, 7) is 10.1. The second-order valence-corrected chi connectivity index (χ2v) is 11.0. The number of nitrogens with zero attached hydrogens (tertiary/aromatic N) is 2. The van der Waals surface area contributed by atoms with Crippen molar-refractivity contribution in [2.45, 2.75) is 46.6 Å². The fourth-order valence-corrected chi connectivity index (χ4v) is 4.85. The number of fused-ring (bicyclic) bond motifs is 1. The smallest absolute Gasteiger partial charge is 0.228 e. The minimum absolute atomic E-state index is 0.0563. The molecule has 41 heavy (non-hydrogen) atoms. The number of benzene rings is 3. The second-order valence-electron chi connectivity index (χ2n) is 11.0. The molecule has 7 heteroatoms. The van der Waals surface area contributed by atoms with Crippen LogP contribution in [0.3, 0.4) is 0 Å². The zero-order valence-electron chi connectivity index (χ0n) is 24.0. The van der Waals surface area contributed by atoms with Gasteiger partial charge in [0.2, 0.25) is 5.88 Å². The Morgan fingerprint density at radius 3 is 2.32 bits per heavy atom. The van der Waals surface area contributed by atoms with E-state index in [-0.39, 0.29) is 22.6 Å². The lowest BCUT2D eigenvalue weighted by molar-refractivity contribution is 0.310. The number of hydrogen-bond donors (Lipinski definition) is 0. The summed E-state index contributed by atoms with van der Waals surface area (Å²) < 4.78 is 46.3. The third kappa shape index (κ3) is 5.71. The number of ether oxygens (including phenoxy) is 3. The number of pyridine rings is 2. The predicted octanol–water partition coefficient (Wildman–Crippen LogP) is 8.87. The van der Waals surface area contributed by atoms with E-state index in [0.29, 0.717) is 34.9 Å². The molecule has 0 amide bonds. The van der Waals surface area contributed by atoms with Crippen molar-refractivity contribution in [3.63, 3.8) is 0 Å². The van der Waals surface area contributed by atoms with E-state index >= 15 is 0 Å². The molecule has 0 spiro atoms. The molecule has 0 saturated carbocycles. The maximum absolute atomic E-state index is 14.4. The zero-order valence-corrected chi connectivity index (χ0v) is 24.0. The topological polar surface area (TPSA) is 53.5 Å². The summed E-state index contributed by atoms with van der Waals surface area (Å²) in [7, 11) is 1.62. The molecule has 2 heterocycles. The molecule has 0 aliphatic rings. The molecule has 0 bridgehead atoms. The molecule has 3 aromatic carbocycles. The van der Waals surface area contributed by atoms with Crippen molar-refractivity contribution in [1.29, 1.82) is 0 Å². The normalized spacial score (nSPS) is 11.5. The number of rotatable bonds is 7. The van der Waals surface area contributed by atoms with Crippen LogP contribution >= 0.6 is 0 Å². The van der Waals surface area contributed by atoms with Gasteiger partial charge >= 0.3 is 0 Å². The molecule has 0 radical (unpaired) electrons. The molecule has 0 unspecified atom stereocenters. The van der Waals surface area contributed by atoms with Crippen molar-refractivity contribution >= 4 is 10.9 Å². The van der Waals surface area contributed by atoms with Gasteiger partial charge in [0.25, 0.3) is 0 Å². The molecule has 0 aliphatic heterocycles. The summed E-state index contributed by atoms with van der Waals surface area (Å²) in [5.41, 5.74) is 4.69. The van der Waals surface area contributed by atoms with Gasteiger partial charge in [-0.3, -0.25) is 0 Å². The van der Waals surface area contributed by atoms with Gasteiger partial charge in [-0.05, 0) is 66.3 Å². The maximum Gasteiger partial charge on any atom is 0.228 e. The van der Waals surface area contributed by atoms with Gasteiger partial charge in [0.15, 0.2) is 11.6 Å². The first-order chi connectivity index (χ1) is 19.6. The highest BCUT2D eigenvalue weighted by Crippen LogP contribution is 2.42. The molecule has 5 aromatic rings. The largest absolute Gasteiger partial charge is 0.497 e. The number of methoxy groups -OCH3 is 1. The van der Waals surface area contributed by atoms with Gasteiger partial charge in [0.05, 0.1) is 23.9 Å². The Balaban J connectivity index is 1.71. The Morgan fingerprint density at radius 2 is 1.61 bits per heavy atom. The summed E-state index contributed by atoms with van der Waals surface area (Å²) in [5, 5.41) is 0.792. The Hall–Kier alpha value is -4.52. The highest BCUT2D eigenvalue weighted by Gasteiger charge is 2.25. The van der Waals surface area contributed by atoms with E-state index in [1.54, 1.807) is 13.3 Å². The van der Waals surface area contributed by atoms with E-state index in [2.05, 4.69) is 25.8 Å². The fraction of sp³-hybridized carbons (Fsp3) is 0.235. The molecule has 0 N–H and O–H groups in total. The minimum atomic E-state index is -0.957. The van der Waals surface area contributed by atoms with Gasteiger partial charge in [-0.15, -0.1) is 0 Å². The van der Waals surface area contributed by atoms with Gasteiger partial charge in [0, 0.05) is 23.2 Å². The van der Waals surface area contributed by atoms with Crippen LogP contribution in [0.15, 0.2) is 72.9 Å². The molecule has 5 rings (SSSR count). The Bertz CT molecular complexity index is 1730. The van der Waals surface area contributed by atoms with Crippen LogP contribution < -0.4 is 14.2 Å². The van der Waals surface area contributed by atoms with Crippen molar-refractivity contribution in [3.05, 3.63) is 107 Å². The van der Waals surface area contributed by atoms with Crippen molar-refractivity contribution in [1.82, 2.24) is 9.97 Å². The standard InChI is InChI=1S/C34H32F2N2O3/c1-20-25(34(3,4)5)18-37-33(41-29-15-13-26(35)32(36)21(29)2)31(20)28-17-30(40-19-22-10-8-7-9-11-22)24-16-23(39-6)12-14-27(24)38-28/h7-18H,19H2,1-6H3. The van der Waals surface area contributed by atoms with Crippen LogP contribution in [0.5, 0.6) is 23.1 Å². The van der Waals surface area contributed by atoms with E-state index in [9.17, 15) is 8.78 Å². The molecule has 0 atom stereocenters. The van der Waals surface area contributed by atoms with Crippen LogP contribution in [-0.2, 0) is 12.0 Å². The van der Waals surface area contributed by atoms with Crippen LogP contribution in [0.1, 0.15) is 43.0 Å². The van der Waals surface area contributed by atoms with E-state index in [0.717, 1.165) is 28.1 Å². The molecule has 0 fully saturated rings. The molecule has 0 saturated heterocycles. The van der Waals surface area contributed by atoms with Crippen LogP contribution in [0.2, 0.25) is 0 Å². The summed E-state index contributed by atoms with van der Waals surface area (Å²) in [6, 6.07) is 19.8. The highest BCUT2D eigenvalue weighted by molar-refractivity contribution is 5.90. The Labute approximate surface area is 238 Å². The van der Waals surface area contributed by atoms with Crippen molar-refractivity contribution in [2.24, 2.45) is 0 Å². The summed E-state index contributed by atoms with van der Waals surface area (Å²) in [4.78, 5) is 9.65. The van der Waals surface area contributed by atoms with Crippen molar-refractivity contribution in [2.75, 3.05) is 7.11 Å². The monoisotopic (exact) mass is 554 g/mol. The van der Waals surface area contributed by atoms with E-state index in [4.69, 9.17) is 19.2 Å². The van der Waals surface area contributed by atoms with Crippen LogP contribution in [0.25, 0.3) is 22.2 Å². The third-order valence-electron chi connectivity index (χ3n) is 7.08. The van der Waals surface area contributed by atoms with Crippen LogP contribution in [-0.4, -0.2) is 17.1 Å². The molecule has 0 aliphatic carbocycles. The lowest BCUT2D eigenvalue weighted by atomic mass is 9.83. The second kappa shape index (κ2) is 11.2. The van der Waals surface area contributed by atoms with Crippen LogP contribution in [0.4, 0.5) is 8.78 Å². The predicted molar refractivity (Wildman–Crippen MR) is 157 cm³/mol. The Kier molecular flexibility index (Phi) is 7.63. The molecular formula is C34H32F2N2O3. The van der Waals surface area contributed by atoms with Gasteiger partial charge < -0.3 is 14.2 Å². The van der Waals surface area contributed by atoms with Crippen LogP contribution in [0, 0.1) is 25.5 Å². The van der Waals surface area contributed by atoms with Gasteiger partial charge in [-0.1, -0.05) is 51.1 Å². The first kappa shape index (κ1) is 28.0. The minimum Gasteiger partial charge on any atom is -0.497 e. The average Bonchev–Trinajstić information content (AvgIpc) is 2.95. The molecule has 2 aromatic heterocycles. The summed E-state index contributed by atoms with van der Waals surface area (Å²) in [5.74, 6) is -0.188. The van der Waals surface area contributed by atoms with E-state index < -0.39 is 11.6 Å². The first-order valence-corrected chi connectivity index (χ1v) is 13.3. The fourth-order valence-electron chi connectivity index (χ4n) is 4.85. The Morgan fingerprint density at radius 1 is 0.854 bits per heavy atom. The molecule has 210 valence electrons. The average molecular weight is 555 g/mol. The first-order valence-electron chi connectivity index (χ1n) is 13.3. The number of hydrogen-bond acceptors (Lipinski definition) is 5. The van der Waals surface area contributed by atoms with E-state index in [1.807, 2.05) is 61.5 Å². The number of aromatic nitrogens is 2. The SMILES string of the molecule is COc1ccc2nc(-c3c(Oc4ccc(F)c(F)c4C)ncc(C(C)(C)C)c3C)cc(OCc3ccccc3)c2c1. The van der Waals surface area contributed by atoms with E-state index in [1.165, 1.54) is 13.0 Å². The highest BCUT2D eigenvalue weighted by atomic mass is 19.2. The lowest BCUT2D eigenvalue weighted by Gasteiger charge is -2.24. The van der Waals surface area contributed by atoms with Crippen molar-refractivity contribution in [3.8, 4) is 34.4 Å². The van der Waals surface area contributed by atoms with Gasteiger partial charge in [0.1, 0.15) is 23.9 Å². The van der Waals surface area contributed by atoms with Crippen molar-refractivity contribution < 1.29 is 23.0 Å².